The molecule has 1 aromatic rings. The van der Waals surface area contributed by atoms with Crippen molar-refractivity contribution in [3.8, 4) is 6.07 Å². The van der Waals surface area contributed by atoms with Crippen molar-refractivity contribution in [2.75, 3.05) is 6.54 Å². The summed E-state index contributed by atoms with van der Waals surface area (Å²) < 4.78 is 13.2. The molecule has 3 heteroatoms. The maximum absolute atomic E-state index is 13.2. The van der Waals surface area contributed by atoms with Crippen LogP contribution in [-0.2, 0) is 6.54 Å². The van der Waals surface area contributed by atoms with Crippen molar-refractivity contribution in [3.05, 3.63) is 35.1 Å². The molecule has 0 heterocycles. The van der Waals surface area contributed by atoms with Gasteiger partial charge in [-0.15, -0.1) is 0 Å². The molecule has 0 bridgehead atoms. The molecule has 2 nitrogen and oxygen atoms in total. The second-order valence-electron chi connectivity index (χ2n) is 5.65. The minimum atomic E-state index is -0.269. The van der Waals surface area contributed by atoms with Crippen LogP contribution in [0.4, 0.5) is 4.39 Å². The minimum Gasteiger partial charge on any atom is -0.312 e. The fraction of sp³-hybridized carbons (Fsp3) is 0.533. The Hall–Kier alpha value is -1.40. The van der Waals surface area contributed by atoms with Gasteiger partial charge in [0, 0.05) is 13.1 Å². The van der Waals surface area contributed by atoms with Gasteiger partial charge in [0.1, 0.15) is 5.82 Å². The molecule has 0 saturated heterocycles. The number of nitrogens with one attached hydrogen (secondary N) is 1. The Morgan fingerprint density at radius 3 is 2.78 bits per heavy atom. The summed E-state index contributed by atoms with van der Waals surface area (Å²) in [5, 5.41) is 12.4. The molecule has 0 atom stereocenters. The van der Waals surface area contributed by atoms with Gasteiger partial charge in [0.2, 0.25) is 0 Å². The van der Waals surface area contributed by atoms with Crippen molar-refractivity contribution in [3.63, 3.8) is 0 Å². The summed E-state index contributed by atoms with van der Waals surface area (Å²) in [7, 11) is 0. The summed E-state index contributed by atoms with van der Waals surface area (Å²) in [5.74, 6) is 0.655. The number of nitriles is 1. The van der Waals surface area contributed by atoms with Crippen LogP contribution < -0.4 is 5.32 Å². The maximum atomic E-state index is 13.2. The normalized spacial score (nSPS) is 20.4. The van der Waals surface area contributed by atoms with Crippen LogP contribution in [0, 0.1) is 28.5 Å². The van der Waals surface area contributed by atoms with Crippen molar-refractivity contribution < 1.29 is 4.39 Å². The zero-order valence-corrected chi connectivity index (χ0v) is 10.4. The lowest BCUT2D eigenvalue weighted by Gasteiger charge is -2.15. The van der Waals surface area contributed by atoms with Crippen molar-refractivity contribution in [2.45, 2.75) is 32.2 Å². The predicted molar refractivity (Wildman–Crippen MR) is 67.2 cm³/mol. The molecule has 0 amide bonds. The lowest BCUT2D eigenvalue weighted by atomic mass is 10.0. The standard InChI is InChI=1S/C15H17FN2/c16-14-4-1-11(8-17)12(7-14)9-18-10-15(5-6-15)13-2-3-13/h1,4,7,13,18H,2-3,5-6,9-10H2. The molecule has 2 fully saturated rings. The highest BCUT2D eigenvalue weighted by molar-refractivity contribution is 5.37. The first-order valence-corrected chi connectivity index (χ1v) is 6.63. The summed E-state index contributed by atoms with van der Waals surface area (Å²) in [6, 6.07) is 6.47. The Labute approximate surface area is 107 Å². The van der Waals surface area contributed by atoms with Crippen LogP contribution in [0.3, 0.4) is 0 Å². The first kappa shape index (κ1) is 11.7. The van der Waals surface area contributed by atoms with E-state index in [1.807, 2.05) is 0 Å². The third kappa shape index (κ3) is 2.26. The molecule has 0 aromatic heterocycles. The lowest BCUT2D eigenvalue weighted by Crippen LogP contribution is -2.25. The van der Waals surface area contributed by atoms with Crippen molar-refractivity contribution in [1.29, 1.82) is 5.26 Å². The van der Waals surface area contributed by atoms with Gasteiger partial charge in [-0.2, -0.15) is 5.26 Å². The van der Waals surface area contributed by atoms with Crippen molar-refractivity contribution in [1.82, 2.24) is 5.32 Å². The summed E-state index contributed by atoms with van der Waals surface area (Å²) in [4.78, 5) is 0. The first-order chi connectivity index (χ1) is 8.73. The predicted octanol–water partition coefficient (Wildman–Crippen LogP) is 2.98. The number of nitrogens with zero attached hydrogens (tertiary/aromatic N) is 1. The number of benzene rings is 1. The second-order valence-corrected chi connectivity index (χ2v) is 5.65. The van der Waals surface area contributed by atoms with E-state index in [1.165, 1.54) is 37.8 Å². The SMILES string of the molecule is N#Cc1ccc(F)cc1CNCC1(C2CC2)CC1. The average Bonchev–Trinajstić information content (AvgIpc) is 3.23. The molecule has 2 saturated carbocycles. The van der Waals surface area contributed by atoms with E-state index < -0.39 is 0 Å². The van der Waals surface area contributed by atoms with Gasteiger partial charge >= 0.3 is 0 Å². The quantitative estimate of drug-likeness (QED) is 0.864. The highest BCUT2D eigenvalue weighted by Crippen LogP contribution is 2.60. The second kappa shape index (κ2) is 4.37. The highest BCUT2D eigenvalue weighted by atomic mass is 19.1. The molecule has 2 aliphatic rings. The van der Waals surface area contributed by atoms with E-state index in [-0.39, 0.29) is 5.82 Å². The first-order valence-electron chi connectivity index (χ1n) is 6.63. The van der Waals surface area contributed by atoms with E-state index in [0.29, 0.717) is 17.5 Å². The van der Waals surface area contributed by atoms with Crippen LogP contribution in [0.1, 0.15) is 36.8 Å². The maximum Gasteiger partial charge on any atom is 0.123 e. The van der Waals surface area contributed by atoms with Gasteiger partial charge in [-0.25, -0.2) is 4.39 Å². The molecule has 0 aliphatic heterocycles. The monoisotopic (exact) mass is 244 g/mol. The topological polar surface area (TPSA) is 35.8 Å². The van der Waals surface area contributed by atoms with E-state index >= 15 is 0 Å². The molecule has 94 valence electrons. The van der Waals surface area contributed by atoms with Crippen LogP contribution in [-0.4, -0.2) is 6.54 Å². The van der Waals surface area contributed by atoms with E-state index in [1.54, 1.807) is 6.07 Å². The highest BCUT2D eigenvalue weighted by Gasteiger charge is 2.53. The van der Waals surface area contributed by atoms with Crippen LogP contribution in [0.5, 0.6) is 0 Å². The van der Waals surface area contributed by atoms with Gasteiger partial charge in [0.25, 0.3) is 0 Å². The molecule has 2 aliphatic carbocycles. The molecular formula is C15H17FN2. The molecule has 0 radical (unpaired) electrons. The largest absolute Gasteiger partial charge is 0.312 e. The van der Waals surface area contributed by atoms with Crippen molar-refractivity contribution >= 4 is 0 Å². The van der Waals surface area contributed by atoms with E-state index in [0.717, 1.165) is 18.0 Å². The molecule has 0 unspecified atom stereocenters. The lowest BCUT2D eigenvalue weighted by molar-refractivity contribution is 0.403. The molecular weight excluding hydrogens is 227 g/mol. The molecule has 3 rings (SSSR count). The number of rotatable bonds is 5. The van der Waals surface area contributed by atoms with Gasteiger partial charge in [0.15, 0.2) is 0 Å². The Balaban J connectivity index is 1.60. The summed E-state index contributed by atoms with van der Waals surface area (Å²) >= 11 is 0. The molecule has 0 spiro atoms. The van der Waals surface area contributed by atoms with E-state index in [4.69, 9.17) is 5.26 Å². The van der Waals surface area contributed by atoms with Gasteiger partial charge in [-0.05, 0) is 60.8 Å². The summed E-state index contributed by atoms with van der Waals surface area (Å²) in [6.45, 7) is 1.61. The van der Waals surface area contributed by atoms with Gasteiger partial charge in [-0.1, -0.05) is 0 Å². The van der Waals surface area contributed by atoms with E-state index in [9.17, 15) is 4.39 Å². The van der Waals surface area contributed by atoms with Crippen LogP contribution in [0.15, 0.2) is 18.2 Å². The molecule has 1 N–H and O–H groups in total. The van der Waals surface area contributed by atoms with Gasteiger partial charge < -0.3 is 5.32 Å². The summed E-state index contributed by atoms with van der Waals surface area (Å²) in [5.41, 5.74) is 1.88. The van der Waals surface area contributed by atoms with Crippen LogP contribution >= 0.6 is 0 Å². The fourth-order valence-electron chi connectivity index (χ4n) is 2.85. The Morgan fingerprint density at radius 2 is 2.17 bits per heavy atom. The van der Waals surface area contributed by atoms with E-state index in [2.05, 4.69) is 11.4 Å². The minimum absolute atomic E-state index is 0.269. The third-order valence-corrected chi connectivity index (χ3v) is 4.32. The third-order valence-electron chi connectivity index (χ3n) is 4.32. The summed E-state index contributed by atoms with van der Waals surface area (Å²) in [6.07, 6.45) is 5.42. The van der Waals surface area contributed by atoms with Gasteiger partial charge in [-0.3, -0.25) is 0 Å². The number of hydrogen-bond acceptors (Lipinski definition) is 2. The Morgan fingerprint density at radius 1 is 1.39 bits per heavy atom. The Bertz CT molecular complexity index is 496. The van der Waals surface area contributed by atoms with Crippen molar-refractivity contribution in [2.24, 2.45) is 11.3 Å². The van der Waals surface area contributed by atoms with Crippen LogP contribution in [0.2, 0.25) is 0 Å². The van der Waals surface area contributed by atoms with Gasteiger partial charge in [0.05, 0.1) is 11.6 Å². The zero-order chi connectivity index (χ0) is 12.6. The number of hydrogen-bond donors (Lipinski definition) is 1. The zero-order valence-electron chi connectivity index (χ0n) is 10.4. The number of halogens is 1. The fourth-order valence-corrected chi connectivity index (χ4v) is 2.85. The van der Waals surface area contributed by atoms with Crippen LogP contribution in [0.25, 0.3) is 0 Å². The smallest absolute Gasteiger partial charge is 0.123 e. The molecule has 18 heavy (non-hydrogen) atoms. The average molecular weight is 244 g/mol. The molecule has 1 aromatic carbocycles. The Kier molecular flexibility index (Phi) is 2.83.